The highest BCUT2D eigenvalue weighted by Gasteiger charge is 2.10. The molecular formula is C12H16N4O. The van der Waals surface area contributed by atoms with E-state index in [1.165, 1.54) is 0 Å². The van der Waals surface area contributed by atoms with Gasteiger partial charge in [0.1, 0.15) is 5.76 Å². The molecule has 0 saturated heterocycles. The number of hydrogen-bond acceptors (Lipinski definition) is 5. The van der Waals surface area contributed by atoms with Crippen molar-refractivity contribution in [3.05, 3.63) is 41.3 Å². The summed E-state index contributed by atoms with van der Waals surface area (Å²) < 4.78 is 5.01. The second kappa shape index (κ2) is 5.05. The molecule has 0 aliphatic heterocycles. The van der Waals surface area contributed by atoms with Crippen LogP contribution >= 0.6 is 0 Å². The van der Waals surface area contributed by atoms with Crippen LogP contribution in [0.15, 0.2) is 23.0 Å². The molecule has 0 spiro atoms. The number of aryl methyl sites for hydroxylation is 2. The number of aromatic nitrogens is 3. The van der Waals surface area contributed by atoms with E-state index in [0.29, 0.717) is 6.54 Å². The lowest BCUT2D eigenvalue weighted by Crippen LogP contribution is -2.20. The normalized spacial score (nSPS) is 12.6. The Morgan fingerprint density at radius 1 is 1.29 bits per heavy atom. The molecule has 2 heterocycles. The van der Waals surface area contributed by atoms with Crippen LogP contribution in [0.25, 0.3) is 0 Å². The van der Waals surface area contributed by atoms with Gasteiger partial charge in [-0.3, -0.25) is 9.97 Å². The molecule has 1 unspecified atom stereocenters. The molecule has 1 N–H and O–H groups in total. The Kier molecular flexibility index (Phi) is 3.49. The number of nitrogens with one attached hydrogen (secondary N) is 1. The highest BCUT2D eigenvalue weighted by atomic mass is 16.5. The van der Waals surface area contributed by atoms with Crippen molar-refractivity contribution < 1.29 is 4.52 Å². The molecule has 0 radical (unpaired) electrons. The molecule has 90 valence electrons. The first-order valence-corrected chi connectivity index (χ1v) is 5.60. The van der Waals surface area contributed by atoms with E-state index in [1.54, 1.807) is 12.4 Å². The summed E-state index contributed by atoms with van der Waals surface area (Å²) >= 11 is 0. The largest absolute Gasteiger partial charge is 0.361 e. The van der Waals surface area contributed by atoms with E-state index in [1.807, 2.05) is 19.9 Å². The van der Waals surface area contributed by atoms with Crippen LogP contribution in [0.4, 0.5) is 0 Å². The Morgan fingerprint density at radius 2 is 2.06 bits per heavy atom. The minimum absolute atomic E-state index is 0.140. The van der Waals surface area contributed by atoms with Crippen molar-refractivity contribution in [1.29, 1.82) is 0 Å². The summed E-state index contributed by atoms with van der Waals surface area (Å²) in [6, 6.07) is 2.06. The summed E-state index contributed by atoms with van der Waals surface area (Å²) in [5, 5.41) is 7.27. The molecule has 1 atom stereocenters. The third-order valence-electron chi connectivity index (χ3n) is 2.60. The van der Waals surface area contributed by atoms with Gasteiger partial charge in [0.25, 0.3) is 0 Å². The van der Waals surface area contributed by atoms with Gasteiger partial charge in [-0.25, -0.2) is 0 Å². The van der Waals surface area contributed by atoms with Gasteiger partial charge in [0.05, 0.1) is 17.1 Å². The van der Waals surface area contributed by atoms with Crippen molar-refractivity contribution in [3.8, 4) is 0 Å². The van der Waals surface area contributed by atoms with E-state index in [2.05, 4.69) is 27.4 Å². The summed E-state index contributed by atoms with van der Waals surface area (Å²) in [7, 11) is 0. The van der Waals surface area contributed by atoms with E-state index < -0.39 is 0 Å². The first-order chi connectivity index (χ1) is 8.16. The summed E-state index contributed by atoms with van der Waals surface area (Å²) in [4.78, 5) is 8.55. The Hall–Kier alpha value is -1.75. The third kappa shape index (κ3) is 2.88. The zero-order chi connectivity index (χ0) is 12.3. The minimum atomic E-state index is 0.140. The molecular weight excluding hydrogens is 216 g/mol. The molecule has 0 aliphatic rings. The van der Waals surface area contributed by atoms with Gasteiger partial charge in [-0.1, -0.05) is 5.16 Å². The maximum Gasteiger partial charge on any atom is 0.133 e. The molecule has 5 nitrogen and oxygen atoms in total. The maximum atomic E-state index is 5.01. The molecule has 5 heteroatoms. The van der Waals surface area contributed by atoms with Crippen molar-refractivity contribution in [2.75, 3.05) is 0 Å². The standard InChI is InChI=1S/C12H16N4O/c1-8-6-11(16-17-8)7-15-10(3)12-9(2)13-4-5-14-12/h4-6,10,15H,7H2,1-3H3. The van der Waals surface area contributed by atoms with Crippen LogP contribution in [0.1, 0.15) is 35.8 Å². The fourth-order valence-corrected chi connectivity index (χ4v) is 1.70. The van der Waals surface area contributed by atoms with Gasteiger partial charge in [0.15, 0.2) is 0 Å². The molecule has 0 saturated carbocycles. The predicted octanol–water partition coefficient (Wildman–Crippen LogP) is 1.93. The van der Waals surface area contributed by atoms with E-state index in [4.69, 9.17) is 4.52 Å². The number of hydrogen-bond donors (Lipinski definition) is 1. The van der Waals surface area contributed by atoms with Gasteiger partial charge in [0.2, 0.25) is 0 Å². The quantitative estimate of drug-likeness (QED) is 0.872. The summed E-state index contributed by atoms with van der Waals surface area (Å²) in [6.07, 6.45) is 3.41. The van der Waals surface area contributed by atoms with Crippen molar-refractivity contribution in [1.82, 2.24) is 20.4 Å². The average Bonchev–Trinajstić information content (AvgIpc) is 2.73. The second-order valence-corrected chi connectivity index (χ2v) is 4.06. The van der Waals surface area contributed by atoms with Crippen LogP contribution in [0.3, 0.4) is 0 Å². The van der Waals surface area contributed by atoms with Crippen LogP contribution in [0.2, 0.25) is 0 Å². The summed E-state index contributed by atoms with van der Waals surface area (Å²) in [5.74, 6) is 0.824. The van der Waals surface area contributed by atoms with Crippen LogP contribution in [0, 0.1) is 13.8 Å². The van der Waals surface area contributed by atoms with Crippen LogP contribution in [-0.2, 0) is 6.54 Å². The van der Waals surface area contributed by atoms with Gasteiger partial charge in [0, 0.05) is 31.0 Å². The Labute approximate surface area is 100 Å². The van der Waals surface area contributed by atoms with Gasteiger partial charge in [-0.2, -0.15) is 0 Å². The molecule has 17 heavy (non-hydrogen) atoms. The van der Waals surface area contributed by atoms with Gasteiger partial charge < -0.3 is 9.84 Å². The summed E-state index contributed by atoms with van der Waals surface area (Å²) in [6.45, 7) is 6.56. The molecule has 2 aromatic rings. The predicted molar refractivity (Wildman–Crippen MR) is 63.3 cm³/mol. The number of nitrogens with zero attached hydrogens (tertiary/aromatic N) is 3. The first kappa shape index (κ1) is 11.7. The fourth-order valence-electron chi connectivity index (χ4n) is 1.70. The highest BCUT2D eigenvalue weighted by molar-refractivity contribution is 5.13. The molecule has 0 bridgehead atoms. The monoisotopic (exact) mass is 232 g/mol. The Balaban J connectivity index is 1.98. The van der Waals surface area contributed by atoms with Gasteiger partial charge in [-0.05, 0) is 20.8 Å². The lowest BCUT2D eigenvalue weighted by Gasteiger charge is -2.13. The SMILES string of the molecule is Cc1cc(CNC(C)c2nccnc2C)no1. The van der Waals surface area contributed by atoms with E-state index in [0.717, 1.165) is 22.8 Å². The summed E-state index contributed by atoms with van der Waals surface area (Å²) in [5.41, 5.74) is 2.81. The Morgan fingerprint density at radius 3 is 2.71 bits per heavy atom. The maximum absolute atomic E-state index is 5.01. The van der Waals surface area contributed by atoms with Crippen LogP contribution in [-0.4, -0.2) is 15.1 Å². The zero-order valence-electron chi connectivity index (χ0n) is 10.3. The molecule has 0 amide bonds. The first-order valence-electron chi connectivity index (χ1n) is 5.60. The van der Waals surface area contributed by atoms with Crippen molar-refractivity contribution in [2.45, 2.75) is 33.4 Å². The Bertz CT molecular complexity index is 495. The van der Waals surface area contributed by atoms with Gasteiger partial charge in [-0.15, -0.1) is 0 Å². The molecule has 0 aromatic carbocycles. The van der Waals surface area contributed by atoms with Crippen molar-refractivity contribution >= 4 is 0 Å². The van der Waals surface area contributed by atoms with Gasteiger partial charge >= 0.3 is 0 Å². The second-order valence-electron chi connectivity index (χ2n) is 4.06. The third-order valence-corrected chi connectivity index (χ3v) is 2.60. The minimum Gasteiger partial charge on any atom is -0.361 e. The van der Waals surface area contributed by atoms with E-state index in [-0.39, 0.29) is 6.04 Å². The smallest absolute Gasteiger partial charge is 0.133 e. The van der Waals surface area contributed by atoms with Crippen molar-refractivity contribution in [3.63, 3.8) is 0 Å². The van der Waals surface area contributed by atoms with Crippen molar-refractivity contribution in [2.24, 2.45) is 0 Å². The fraction of sp³-hybridized carbons (Fsp3) is 0.417. The topological polar surface area (TPSA) is 63.8 Å². The molecule has 0 fully saturated rings. The molecule has 2 aromatic heterocycles. The van der Waals surface area contributed by atoms with E-state index >= 15 is 0 Å². The average molecular weight is 232 g/mol. The highest BCUT2D eigenvalue weighted by Crippen LogP contribution is 2.12. The van der Waals surface area contributed by atoms with Crippen LogP contribution in [0.5, 0.6) is 0 Å². The van der Waals surface area contributed by atoms with Crippen LogP contribution < -0.4 is 5.32 Å². The molecule has 2 rings (SSSR count). The molecule has 0 aliphatic carbocycles. The van der Waals surface area contributed by atoms with E-state index in [9.17, 15) is 0 Å². The lowest BCUT2D eigenvalue weighted by atomic mass is 10.2. The number of rotatable bonds is 4. The lowest BCUT2D eigenvalue weighted by molar-refractivity contribution is 0.386. The zero-order valence-corrected chi connectivity index (χ0v) is 10.3.